The number of aliphatic hydroxyl groups excluding tert-OH is 1. The molecule has 1 atom stereocenters. The van der Waals surface area contributed by atoms with Gasteiger partial charge in [-0.15, -0.1) is 0 Å². The normalized spacial score (nSPS) is 20.5. The maximum absolute atomic E-state index is 16.6. The number of piperidine rings is 1. The second kappa shape index (κ2) is 10.6. The molecule has 10 heteroatoms. The lowest BCUT2D eigenvalue weighted by Crippen LogP contribution is -2.43. The molecule has 0 aliphatic carbocycles. The third kappa shape index (κ3) is 4.52. The summed E-state index contributed by atoms with van der Waals surface area (Å²) in [4.78, 5) is 18.2. The van der Waals surface area contributed by atoms with Gasteiger partial charge in [-0.25, -0.2) is 8.78 Å². The number of hydrogen-bond acceptors (Lipinski definition) is 8. The number of fused-ring (bicyclic) bond motifs is 3. The van der Waals surface area contributed by atoms with Crippen molar-refractivity contribution in [1.29, 1.82) is 0 Å². The number of aryl methyl sites for hydroxylation is 1. The van der Waals surface area contributed by atoms with E-state index in [4.69, 9.17) is 9.72 Å². The number of aromatic hydroxyl groups is 1. The molecule has 0 radical (unpaired) electrons. The van der Waals surface area contributed by atoms with E-state index in [1.807, 2.05) is 11.8 Å². The smallest absolute Gasteiger partial charge is 0.319 e. The second-order valence-electron chi connectivity index (χ2n) is 11.9. The summed E-state index contributed by atoms with van der Waals surface area (Å²) >= 11 is 0. The molecule has 4 aromatic rings. The van der Waals surface area contributed by atoms with E-state index in [2.05, 4.69) is 14.9 Å². The molecule has 3 saturated heterocycles. The molecule has 0 saturated carbocycles. The van der Waals surface area contributed by atoms with Crippen LogP contribution in [-0.4, -0.2) is 74.5 Å². The minimum absolute atomic E-state index is 0.0330. The van der Waals surface area contributed by atoms with E-state index in [1.165, 1.54) is 18.3 Å². The minimum Gasteiger partial charge on any atom is -0.508 e. The van der Waals surface area contributed by atoms with E-state index >= 15 is 4.39 Å². The number of halogens is 2. The minimum atomic E-state index is -0.696. The van der Waals surface area contributed by atoms with E-state index in [0.29, 0.717) is 65.6 Å². The van der Waals surface area contributed by atoms with Crippen LogP contribution in [0.1, 0.15) is 51.0 Å². The fraction of sp³-hybridized carbons (Fsp3) is 0.469. The molecule has 2 aromatic carbocycles. The summed E-state index contributed by atoms with van der Waals surface area (Å²) in [6, 6.07) is 5.99. The van der Waals surface area contributed by atoms with Crippen LogP contribution in [0.15, 0.2) is 30.5 Å². The van der Waals surface area contributed by atoms with Crippen molar-refractivity contribution >= 4 is 27.5 Å². The maximum atomic E-state index is 16.6. The first-order valence-electron chi connectivity index (χ1n) is 15.0. The van der Waals surface area contributed by atoms with Crippen molar-refractivity contribution in [3.05, 3.63) is 47.7 Å². The lowest BCUT2D eigenvalue weighted by Gasteiger charge is -2.33. The first-order chi connectivity index (χ1) is 20.4. The fourth-order valence-electron chi connectivity index (χ4n) is 7.35. The van der Waals surface area contributed by atoms with E-state index < -0.39 is 17.7 Å². The van der Waals surface area contributed by atoms with Crippen LogP contribution in [0.25, 0.3) is 32.9 Å². The van der Waals surface area contributed by atoms with Crippen molar-refractivity contribution in [3.8, 4) is 23.0 Å². The van der Waals surface area contributed by atoms with Gasteiger partial charge in [-0.2, -0.15) is 9.97 Å². The van der Waals surface area contributed by atoms with Gasteiger partial charge in [-0.05, 0) is 92.6 Å². The molecule has 2 N–H and O–H groups in total. The number of benzene rings is 2. The Bertz CT molecular complexity index is 1670. The number of rotatable bonds is 6. The molecular formula is C32H35F2N5O3. The summed E-state index contributed by atoms with van der Waals surface area (Å²) in [7, 11) is 0. The number of phenolic OH excluding ortho intramolecular Hbond substituents is 1. The molecule has 220 valence electrons. The third-order valence-corrected chi connectivity index (χ3v) is 9.38. The highest BCUT2D eigenvalue weighted by atomic mass is 19.1. The van der Waals surface area contributed by atoms with Crippen molar-refractivity contribution in [2.75, 3.05) is 37.7 Å². The van der Waals surface area contributed by atoms with Crippen molar-refractivity contribution in [2.24, 2.45) is 0 Å². The zero-order valence-electron chi connectivity index (χ0n) is 23.7. The zero-order valence-corrected chi connectivity index (χ0v) is 23.7. The summed E-state index contributed by atoms with van der Waals surface area (Å²) in [5, 5.41) is 22.4. The quantitative estimate of drug-likeness (QED) is 0.318. The molecule has 5 heterocycles. The molecule has 0 bridgehead atoms. The summed E-state index contributed by atoms with van der Waals surface area (Å²) in [6.07, 6.45) is 7.22. The van der Waals surface area contributed by atoms with Gasteiger partial charge in [-0.3, -0.25) is 9.88 Å². The van der Waals surface area contributed by atoms with Crippen molar-refractivity contribution < 1.29 is 23.7 Å². The molecular weight excluding hydrogens is 540 g/mol. The van der Waals surface area contributed by atoms with Crippen LogP contribution in [0.2, 0.25) is 0 Å². The Morgan fingerprint density at radius 3 is 2.64 bits per heavy atom. The first kappa shape index (κ1) is 27.2. The largest absolute Gasteiger partial charge is 0.508 e. The van der Waals surface area contributed by atoms with Gasteiger partial charge in [0.05, 0.1) is 17.0 Å². The summed E-state index contributed by atoms with van der Waals surface area (Å²) in [5.74, 6) is -0.688. The maximum Gasteiger partial charge on any atom is 0.319 e. The van der Waals surface area contributed by atoms with Crippen molar-refractivity contribution in [1.82, 2.24) is 19.9 Å². The molecule has 1 unspecified atom stereocenters. The molecule has 0 amide bonds. The van der Waals surface area contributed by atoms with Gasteiger partial charge in [-0.1, -0.05) is 13.0 Å². The molecule has 42 heavy (non-hydrogen) atoms. The number of anilines is 1. The highest BCUT2D eigenvalue weighted by Crippen LogP contribution is 2.41. The number of hydrogen-bond donors (Lipinski definition) is 2. The van der Waals surface area contributed by atoms with Gasteiger partial charge in [0.1, 0.15) is 35.2 Å². The number of aliphatic hydroxyl groups is 1. The highest BCUT2D eigenvalue weighted by Gasteiger charge is 2.45. The Kier molecular flexibility index (Phi) is 6.85. The van der Waals surface area contributed by atoms with Crippen LogP contribution >= 0.6 is 0 Å². The van der Waals surface area contributed by atoms with Crippen LogP contribution < -0.4 is 9.64 Å². The Balaban J connectivity index is 1.38. The molecule has 3 aliphatic rings. The predicted molar refractivity (Wildman–Crippen MR) is 157 cm³/mol. The first-order valence-corrected chi connectivity index (χ1v) is 15.0. The molecule has 7 rings (SSSR count). The van der Waals surface area contributed by atoms with Gasteiger partial charge in [0, 0.05) is 24.8 Å². The number of aromatic nitrogens is 3. The molecule has 2 aromatic heterocycles. The van der Waals surface area contributed by atoms with Gasteiger partial charge < -0.3 is 19.8 Å². The number of nitrogens with zero attached hydrogens (tertiary/aromatic N) is 5. The molecule has 8 nitrogen and oxygen atoms in total. The Morgan fingerprint density at radius 1 is 1.07 bits per heavy atom. The topological polar surface area (TPSA) is 94.8 Å². The number of pyridine rings is 1. The Labute approximate surface area is 243 Å². The van der Waals surface area contributed by atoms with Gasteiger partial charge in [0.15, 0.2) is 5.82 Å². The van der Waals surface area contributed by atoms with Crippen LogP contribution in [0.4, 0.5) is 14.6 Å². The van der Waals surface area contributed by atoms with E-state index in [1.54, 1.807) is 12.1 Å². The molecule has 0 spiro atoms. The lowest BCUT2D eigenvalue weighted by molar-refractivity contribution is 0.107. The van der Waals surface area contributed by atoms with Crippen LogP contribution in [0.5, 0.6) is 11.8 Å². The predicted octanol–water partition coefficient (Wildman–Crippen LogP) is 5.36. The monoisotopic (exact) mass is 575 g/mol. The van der Waals surface area contributed by atoms with E-state index in [0.717, 1.165) is 45.2 Å². The second-order valence-corrected chi connectivity index (χ2v) is 11.9. The molecule has 3 aliphatic heterocycles. The van der Waals surface area contributed by atoms with E-state index in [9.17, 15) is 14.6 Å². The van der Waals surface area contributed by atoms with Crippen LogP contribution in [-0.2, 0) is 6.42 Å². The average Bonchev–Trinajstić information content (AvgIpc) is 3.57. The number of β-amino-alcohol motifs (C(OH)–C–C–N with tert-alkyl or cyclic N) is 1. The van der Waals surface area contributed by atoms with Crippen molar-refractivity contribution in [3.63, 3.8) is 0 Å². The molecule has 3 fully saturated rings. The standard InChI is InChI=1S/C32H35F2N5O3/c1-2-22-25(33)8-7-19-14-21(41)15-23(26(19)22)28-27(34)29-24(16-35-28)30(38-11-3-6-20(40)17-38)37-31(36-29)42-18-32-9-4-12-39(32)13-5-10-32/h7-8,14-16,20,40-41H,2-6,9-13,17-18H2,1H3. The third-order valence-electron chi connectivity index (χ3n) is 9.38. The Hall–Kier alpha value is -3.63. The summed E-state index contributed by atoms with van der Waals surface area (Å²) in [6.45, 7) is 5.39. The SMILES string of the molecule is CCc1c(F)ccc2cc(O)cc(-c3ncc4c(N5CCCC(O)C5)nc(OCC56CCCN5CCC6)nc4c3F)c12. The average molecular weight is 576 g/mol. The van der Waals surface area contributed by atoms with Gasteiger partial charge in [0.25, 0.3) is 0 Å². The Morgan fingerprint density at radius 2 is 1.88 bits per heavy atom. The van der Waals surface area contributed by atoms with Crippen LogP contribution in [0.3, 0.4) is 0 Å². The van der Waals surface area contributed by atoms with Crippen molar-refractivity contribution in [2.45, 2.75) is 63.5 Å². The van der Waals surface area contributed by atoms with Gasteiger partial charge >= 0.3 is 6.01 Å². The number of ether oxygens (including phenoxy) is 1. The summed E-state index contributed by atoms with van der Waals surface area (Å²) < 4.78 is 37.8. The zero-order chi connectivity index (χ0) is 29.0. The fourth-order valence-corrected chi connectivity index (χ4v) is 7.35. The summed E-state index contributed by atoms with van der Waals surface area (Å²) in [5.41, 5.74) is 0.689. The van der Waals surface area contributed by atoms with Gasteiger partial charge in [0.2, 0.25) is 0 Å². The van der Waals surface area contributed by atoms with E-state index in [-0.39, 0.29) is 28.5 Å². The van der Waals surface area contributed by atoms with Crippen LogP contribution in [0, 0.1) is 11.6 Å². The number of phenols is 1. The lowest BCUT2D eigenvalue weighted by atomic mass is 9.94. The highest BCUT2D eigenvalue weighted by molar-refractivity contribution is 6.01.